The van der Waals surface area contributed by atoms with Gasteiger partial charge in [0.2, 0.25) is 0 Å². The third kappa shape index (κ3) is 20.4. The molecule has 24 heavy (non-hydrogen) atoms. The minimum atomic E-state index is -1.52. The molecule has 0 atom stereocenters. The summed E-state index contributed by atoms with van der Waals surface area (Å²) in [5, 5.41) is 17.6. The van der Waals surface area contributed by atoms with Gasteiger partial charge in [0.15, 0.2) is 16.6 Å². The fraction of sp³-hybridized carbons (Fsp3) is 1.00. The van der Waals surface area contributed by atoms with Crippen molar-refractivity contribution >= 4 is 16.6 Å². The van der Waals surface area contributed by atoms with E-state index in [1.165, 1.54) is 37.8 Å². The molecule has 0 amide bonds. The predicted octanol–water partition coefficient (Wildman–Crippen LogP) is 6.43. The Morgan fingerprint density at radius 1 is 0.542 bits per heavy atom. The van der Waals surface area contributed by atoms with Crippen LogP contribution in [0.15, 0.2) is 0 Å². The van der Waals surface area contributed by atoms with Crippen molar-refractivity contribution in [2.24, 2.45) is 0 Å². The Morgan fingerprint density at radius 3 is 1.12 bits per heavy atom. The van der Waals surface area contributed by atoms with Crippen LogP contribution in [0.1, 0.15) is 73.6 Å². The average molecular weight is 383 g/mol. The molecule has 152 valence electrons. The molecule has 0 aliphatic heterocycles. The van der Waals surface area contributed by atoms with Crippen LogP contribution in [0.3, 0.4) is 0 Å². The molecule has 0 aromatic rings. The molecule has 0 heterocycles. The van der Waals surface area contributed by atoms with Gasteiger partial charge in [-0.3, -0.25) is 0 Å². The van der Waals surface area contributed by atoms with Crippen LogP contribution in [0.5, 0.6) is 0 Å². The van der Waals surface area contributed by atoms with Gasteiger partial charge in [-0.2, -0.15) is 0 Å². The van der Waals surface area contributed by atoms with Crippen molar-refractivity contribution in [3.63, 3.8) is 0 Å². The topological polar surface area (TPSA) is 49.7 Å². The maximum Gasteiger partial charge on any atom is 0.173 e. The van der Waals surface area contributed by atoms with Crippen LogP contribution in [-0.2, 0) is 4.12 Å². The van der Waals surface area contributed by atoms with Crippen LogP contribution in [0.25, 0.3) is 0 Å². The van der Waals surface area contributed by atoms with E-state index < -0.39 is 16.6 Å². The van der Waals surface area contributed by atoms with E-state index in [-0.39, 0.29) is 22.3 Å². The van der Waals surface area contributed by atoms with Crippen molar-refractivity contribution in [2.45, 2.75) is 112 Å². The predicted molar refractivity (Wildman–Crippen MR) is 117 cm³/mol. The third-order valence-electron chi connectivity index (χ3n) is 3.93. The standard InChI is InChI=1S/C16H38O3Si2.3CH4/c1-20(2,15-11-7-5-9-13-17)19-21(3,4)16-12-8-6-10-14-18;;;/h17-18H,5-16H2,1-4H3;3*1H4. The highest BCUT2D eigenvalue weighted by molar-refractivity contribution is 6.84. The molecule has 0 bridgehead atoms. The molecule has 0 aliphatic carbocycles. The van der Waals surface area contributed by atoms with Crippen LogP contribution in [0.2, 0.25) is 38.3 Å². The van der Waals surface area contributed by atoms with Crippen LogP contribution in [0.4, 0.5) is 0 Å². The number of hydrogen-bond donors (Lipinski definition) is 2. The molecule has 0 aromatic heterocycles. The lowest BCUT2D eigenvalue weighted by molar-refractivity contribution is 0.282. The summed E-state index contributed by atoms with van der Waals surface area (Å²) in [6.07, 6.45) is 9.13. The summed E-state index contributed by atoms with van der Waals surface area (Å²) in [6, 6.07) is 2.50. The van der Waals surface area contributed by atoms with Gasteiger partial charge in [0.1, 0.15) is 0 Å². The Morgan fingerprint density at radius 2 is 0.833 bits per heavy atom. The molecular formula is C19H50O3Si2. The zero-order chi connectivity index (χ0) is 16.2. The van der Waals surface area contributed by atoms with E-state index in [2.05, 4.69) is 26.2 Å². The van der Waals surface area contributed by atoms with E-state index in [9.17, 15) is 0 Å². The summed E-state index contributed by atoms with van der Waals surface area (Å²) < 4.78 is 6.62. The number of aliphatic hydroxyl groups excluding tert-OH is 2. The van der Waals surface area contributed by atoms with E-state index in [4.69, 9.17) is 14.3 Å². The second-order valence-electron chi connectivity index (χ2n) is 7.40. The van der Waals surface area contributed by atoms with Crippen molar-refractivity contribution < 1.29 is 14.3 Å². The molecule has 0 aromatic carbocycles. The van der Waals surface area contributed by atoms with Crippen LogP contribution >= 0.6 is 0 Å². The molecule has 0 radical (unpaired) electrons. The van der Waals surface area contributed by atoms with Crippen molar-refractivity contribution in [3.05, 3.63) is 0 Å². The van der Waals surface area contributed by atoms with E-state index in [0.29, 0.717) is 13.2 Å². The van der Waals surface area contributed by atoms with Gasteiger partial charge < -0.3 is 14.3 Å². The second kappa shape index (κ2) is 18.1. The molecule has 2 N–H and O–H groups in total. The highest BCUT2D eigenvalue weighted by atomic mass is 28.4. The van der Waals surface area contributed by atoms with Gasteiger partial charge in [-0.05, 0) is 51.1 Å². The Labute approximate surface area is 156 Å². The lowest BCUT2D eigenvalue weighted by atomic mass is 10.2. The molecule has 3 nitrogen and oxygen atoms in total. The van der Waals surface area contributed by atoms with Gasteiger partial charge >= 0.3 is 0 Å². The molecule has 0 fully saturated rings. The Kier molecular flexibility index (Phi) is 24.2. The van der Waals surface area contributed by atoms with Crippen LogP contribution in [0, 0.1) is 0 Å². The van der Waals surface area contributed by atoms with E-state index in [0.717, 1.165) is 25.7 Å². The largest absolute Gasteiger partial charge is 0.455 e. The van der Waals surface area contributed by atoms with Crippen molar-refractivity contribution in [1.82, 2.24) is 0 Å². The second-order valence-corrected chi connectivity index (χ2v) is 16.3. The highest BCUT2D eigenvalue weighted by Gasteiger charge is 2.31. The fourth-order valence-electron chi connectivity index (χ4n) is 2.88. The van der Waals surface area contributed by atoms with Gasteiger partial charge in [0.25, 0.3) is 0 Å². The van der Waals surface area contributed by atoms with Gasteiger partial charge in [-0.15, -0.1) is 0 Å². The highest BCUT2D eigenvalue weighted by Crippen LogP contribution is 2.25. The normalized spacial score (nSPS) is 11.2. The first-order chi connectivity index (χ1) is 9.83. The van der Waals surface area contributed by atoms with Gasteiger partial charge in [0, 0.05) is 13.2 Å². The van der Waals surface area contributed by atoms with E-state index >= 15 is 0 Å². The molecule has 0 rings (SSSR count). The van der Waals surface area contributed by atoms with Gasteiger partial charge in [-0.1, -0.05) is 60.8 Å². The summed E-state index contributed by atoms with van der Waals surface area (Å²) in [5.41, 5.74) is 0. The molecule has 0 spiro atoms. The quantitative estimate of drug-likeness (QED) is 0.269. The Hall–Kier alpha value is 0.314. The van der Waals surface area contributed by atoms with Gasteiger partial charge in [-0.25, -0.2) is 0 Å². The smallest absolute Gasteiger partial charge is 0.173 e. The molecule has 0 unspecified atom stereocenters. The maximum absolute atomic E-state index is 8.79. The zero-order valence-corrected chi connectivity index (χ0v) is 16.8. The lowest BCUT2D eigenvalue weighted by Crippen LogP contribution is -2.44. The molecule has 0 aliphatic rings. The zero-order valence-electron chi connectivity index (χ0n) is 14.8. The van der Waals surface area contributed by atoms with Crippen molar-refractivity contribution in [2.75, 3.05) is 13.2 Å². The summed E-state index contributed by atoms with van der Waals surface area (Å²) in [5.74, 6) is 0. The average Bonchev–Trinajstić information content (AvgIpc) is 2.36. The first kappa shape index (κ1) is 32.0. The Bertz CT molecular complexity index is 223. The molecule has 5 heteroatoms. The lowest BCUT2D eigenvalue weighted by Gasteiger charge is -2.34. The minimum Gasteiger partial charge on any atom is -0.455 e. The number of rotatable bonds is 14. The van der Waals surface area contributed by atoms with Crippen LogP contribution < -0.4 is 0 Å². The third-order valence-corrected chi connectivity index (χ3v) is 11.5. The van der Waals surface area contributed by atoms with E-state index in [1.807, 2.05) is 0 Å². The molecule has 0 saturated heterocycles. The van der Waals surface area contributed by atoms with Crippen molar-refractivity contribution in [1.29, 1.82) is 0 Å². The summed E-state index contributed by atoms with van der Waals surface area (Å²) >= 11 is 0. The first-order valence-corrected chi connectivity index (χ1v) is 15.0. The molecule has 0 saturated carbocycles. The summed E-state index contributed by atoms with van der Waals surface area (Å²) in [7, 11) is -3.03. The SMILES string of the molecule is C.C.C.C[Si](C)(CCCCCCO)O[Si](C)(C)CCCCCCO. The van der Waals surface area contributed by atoms with Gasteiger partial charge in [0.05, 0.1) is 0 Å². The summed E-state index contributed by atoms with van der Waals surface area (Å²) in [6.45, 7) is 10.1. The summed E-state index contributed by atoms with van der Waals surface area (Å²) in [4.78, 5) is 0. The molecular weight excluding hydrogens is 332 g/mol. The van der Waals surface area contributed by atoms with Crippen molar-refractivity contribution in [3.8, 4) is 0 Å². The van der Waals surface area contributed by atoms with E-state index in [1.54, 1.807) is 0 Å². The number of aliphatic hydroxyl groups is 2. The monoisotopic (exact) mass is 382 g/mol. The number of unbranched alkanes of at least 4 members (excludes halogenated alkanes) is 6. The number of hydrogen-bond acceptors (Lipinski definition) is 3. The van der Waals surface area contributed by atoms with Crippen LogP contribution in [-0.4, -0.2) is 40.1 Å². The first-order valence-electron chi connectivity index (χ1n) is 8.75. The maximum atomic E-state index is 8.79. The fourth-order valence-corrected chi connectivity index (χ4v) is 11.9. The minimum absolute atomic E-state index is 0. The Balaban J connectivity index is -0.000000667.